The normalized spacial score (nSPS) is 10.7. The lowest BCUT2D eigenvalue weighted by Crippen LogP contribution is -2.47. The van der Waals surface area contributed by atoms with Gasteiger partial charge in [0, 0.05) is 42.3 Å². The van der Waals surface area contributed by atoms with Crippen LogP contribution < -0.4 is 31.0 Å². The summed E-state index contributed by atoms with van der Waals surface area (Å²) in [6, 6.07) is 11.5. The van der Waals surface area contributed by atoms with E-state index in [4.69, 9.17) is 9.47 Å². The average Bonchev–Trinajstić information content (AvgIpc) is 3.36. The number of urea groups is 1. The number of rotatable bonds is 8. The van der Waals surface area contributed by atoms with E-state index in [1.54, 1.807) is 41.2 Å². The second kappa shape index (κ2) is 12.0. The summed E-state index contributed by atoms with van der Waals surface area (Å²) in [6.45, 7) is 5.00. The summed E-state index contributed by atoms with van der Waals surface area (Å²) in [6.07, 6.45) is 4.93. The lowest BCUT2D eigenvalue weighted by molar-refractivity contribution is 0.0933. The van der Waals surface area contributed by atoms with E-state index in [0.29, 0.717) is 41.2 Å². The molecule has 4 aromatic rings. The van der Waals surface area contributed by atoms with Gasteiger partial charge in [-0.1, -0.05) is 13.8 Å². The van der Waals surface area contributed by atoms with Crippen molar-refractivity contribution in [3.63, 3.8) is 0 Å². The molecule has 0 fully saturated rings. The topological polar surface area (TPSA) is 136 Å². The minimum atomic E-state index is -0.561. The van der Waals surface area contributed by atoms with E-state index in [1.807, 2.05) is 32.0 Å². The molecule has 0 unspecified atom stereocenters. The predicted molar refractivity (Wildman–Crippen MR) is 144 cm³/mol. The Balaban J connectivity index is 1.60. The number of hydrazine groups is 1. The smallest absolute Gasteiger partial charge is 0.333 e. The van der Waals surface area contributed by atoms with Crippen LogP contribution in [0.4, 0.5) is 9.59 Å². The van der Waals surface area contributed by atoms with Crippen LogP contribution in [-0.2, 0) is 0 Å². The van der Waals surface area contributed by atoms with Crippen molar-refractivity contribution in [2.45, 2.75) is 26.7 Å². The third kappa shape index (κ3) is 5.77. The maximum absolute atomic E-state index is 12.9. The molecular formula is C27H30N6O5. The Morgan fingerprint density at radius 3 is 2.47 bits per heavy atom. The van der Waals surface area contributed by atoms with E-state index in [2.05, 4.69) is 26.5 Å². The highest BCUT2D eigenvalue weighted by atomic mass is 16.5. The summed E-state index contributed by atoms with van der Waals surface area (Å²) in [5.74, 6) is 0.751. The van der Waals surface area contributed by atoms with Crippen LogP contribution in [0.1, 0.15) is 37.0 Å². The third-order valence-corrected chi connectivity index (χ3v) is 5.73. The number of fused-ring (bicyclic) bond motifs is 2. The zero-order valence-corrected chi connectivity index (χ0v) is 21.5. The standard InChI is InChI=1S/C27H30N6O5/c1-4-10-29-26(35)32-31-25(34)20-15-19-21(16-24(20)37-3)28-12-8-23(19)38-18-6-7-22-17(14-18)9-13-33(22)27(36)30-11-5-2/h6-9,12-16H,4-5,10-11H2,1-3H3,(H,30,36)(H,31,34)(H2,29,32,35). The van der Waals surface area contributed by atoms with Crippen LogP contribution in [0.3, 0.4) is 0 Å². The summed E-state index contributed by atoms with van der Waals surface area (Å²) in [5, 5.41) is 6.89. The number of hydrogen-bond acceptors (Lipinski definition) is 6. The summed E-state index contributed by atoms with van der Waals surface area (Å²) < 4.78 is 13.1. The Morgan fingerprint density at radius 2 is 1.71 bits per heavy atom. The molecule has 0 aliphatic heterocycles. The first kappa shape index (κ1) is 26.3. The van der Waals surface area contributed by atoms with Gasteiger partial charge in [0.15, 0.2) is 0 Å². The molecule has 0 saturated carbocycles. The fourth-order valence-electron chi connectivity index (χ4n) is 3.85. The van der Waals surface area contributed by atoms with Gasteiger partial charge in [-0.25, -0.2) is 15.0 Å². The molecule has 4 N–H and O–H groups in total. The van der Waals surface area contributed by atoms with Crippen molar-refractivity contribution in [1.29, 1.82) is 0 Å². The van der Waals surface area contributed by atoms with Crippen LogP contribution in [0.2, 0.25) is 0 Å². The Hall–Kier alpha value is -4.80. The first-order valence-electron chi connectivity index (χ1n) is 12.3. The average molecular weight is 519 g/mol. The zero-order chi connectivity index (χ0) is 27.1. The van der Waals surface area contributed by atoms with E-state index in [-0.39, 0.29) is 11.6 Å². The summed E-state index contributed by atoms with van der Waals surface area (Å²) in [5.41, 5.74) is 6.22. The van der Waals surface area contributed by atoms with Gasteiger partial charge in [-0.15, -0.1) is 0 Å². The molecule has 0 radical (unpaired) electrons. The lowest BCUT2D eigenvalue weighted by atomic mass is 10.1. The predicted octanol–water partition coefficient (Wildman–Crippen LogP) is 4.31. The van der Waals surface area contributed by atoms with Crippen molar-refractivity contribution in [2.75, 3.05) is 20.2 Å². The molecular weight excluding hydrogens is 488 g/mol. The number of amides is 4. The second-order valence-corrected chi connectivity index (χ2v) is 8.45. The number of aromatic nitrogens is 2. The highest BCUT2D eigenvalue weighted by molar-refractivity contribution is 6.02. The first-order chi connectivity index (χ1) is 18.4. The largest absolute Gasteiger partial charge is 0.496 e. The van der Waals surface area contributed by atoms with Gasteiger partial charge in [-0.2, -0.15) is 0 Å². The number of ether oxygens (including phenoxy) is 2. The monoisotopic (exact) mass is 518 g/mol. The molecule has 198 valence electrons. The lowest BCUT2D eigenvalue weighted by Gasteiger charge is -2.14. The number of nitrogens with zero attached hydrogens (tertiary/aromatic N) is 2. The molecule has 2 aromatic carbocycles. The van der Waals surface area contributed by atoms with E-state index < -0.39 is 11.9 Å². The zero-order valence-electron chi connectivity index (χ0n) is 21.5. The molecule has 0 aliphatic rings. The van der Waals surface area contributed by atoms with E-state index in [1.165, 1.54) is 7.11 Å². The molecule has 0 bridgehead atoms. The maximum Gasteiger partial charge on any atom is 0.333 e. The van der Waals surface area contributed by atoms with Gasteiger partial charge in [0.25, 0.3) is 5.91 Å². The summed E-state index contributed by atoms with van der Waals surface area (Å²) >= 11 is 0. The van der Waals surface area contributed by atoms with Gasteiger partial charge in [0.2, 0.25) is 0 Å². The van der Waals surface area contributed by atoms with Crippen LogP contribution in [0.25, 0.3) is 21.8 Å². The summed E-state index contributed by atoms with van der Waals surface area (Å²) in [4.78, 5) is 41.5. The van der Waals surface area contributed by atoms with Crippen molar-refractivity contribution in [3.8, 4) is 17.2 Å². The molecule has 2 aromatic heterocycles. The molecule has 11 nitrogen and oxygen atoms in total. The highest BCUT2D eigenvalue weighted by Crippen LogP contribution is 2.34. The molecule has 2 heterocycles. The van der Waals surface area contributed by atoms with Crippen molar-refractivity contribution in [2.24, 2.45) is 0 Å². The number of benzene rings is 2. The van der Waals surface area contributed by atoms with Gasteiger partial charge < -0.3 is 20.1 Å². The molecule has 11 heteroatoms. The van der Waals surface area contributed by atoms with Crippen LogP contribution in [0, 0.1) is 0 Å². The minimum absolute atomic E-state index is 0.187. The first-order valence-corrected chi connectivity index (χ1v) is 12.3. The van der Waals surface area contributed by atoms with E-state index in [9.17, 15) is 14.4 Å². The second-order valence-electron chi connectivity index (χ2n) is 8.45. The SMILES string of the molecule is CCCNC(=O)NNC(=O)c1cc2c(Oc3ccc4c(ccn4C(=O)NCCC)c3)ccnc2cc1OC. The highest BCUT2D eigenvalue weighted by Gasteiger charge is 2.17. The van der Waals surface area contributed by atoms with Gasteiger partial charge in [-0.05, 0) is 49.2 Å². The Kier molecular flexibility index (Phi) is 8.27. The van der Waals surface area contributed by atoms with Crippen LogP contribution in [0.15, 0.2) is 54.9 Å². The van der Waals surface area contributed by atoms with Crippen LogP contribution >= 0.6 is 0 Å². The van der Waals surface area contributed by atoms with E-state index in [0.717, 1.165) is 23.7 Å². The Morgan fingerprint density at radius 1 is 0.921 bits per heavy atom. The number of methoxy groups -OCH3 is 1. The van der Waals surface area contributed by atoms with Crippen LogP contribution in [-0.4, -0.2) is 47.7 Å². The number of hydrogen-bond donors (Lipinski definition) is 4. The van der Waals surface area contributed by atoms with Crippen molar-refractivity contribution >= 4 is 39.8 Å². The number of pyridine rings is 1. The number of nitrogens with one attached hydrogen (secondary N) is 4. The van der Waals surface area contributed by atoms with Crippen molar-refractivity contribution in [1.82, 2.24) is 31.0 Å². The minimum Gasteiger partial charge on any atom is -0.496 e. The Labute approximate surface area is 219 Å². The quantitative estimate of drug-likeness (QED) is 0.257. The fraction of sp³-hybridized carbons (Fsp3) is 0.259. The van der Waals surface area contributed by atoms with Gasteiger partial charge in [0.1, 0.15) is 17.2 Å². The molecule has 0 spiro atoms. The molecule has 0 saturated heterocycles. The molecule has 38 heavy (non-hydrogen) atoms. The van der Waals surface area contributed by atoms with Gasteiger partial charge in [0.05, 0.1) is 23.7 Å². The molecule has 0 atom stereocenters. The number of carbonyl (C=O) groups is 3. The third-order valence-electron chi connectivity index (χ3n) is 5.73. The fourth-order valence-corrected chi connectivity index (χ4v) is 3.85. The molecule has 4 amide bonds. The van der Waals surface area contributed by atoms with Crippen LogP contribution in [0.5, 0.6) is 17.2 Å². The molecule has 0 aliphatic carbocycles. The van der Waals surface area contributed by atoms with Gasteiger partial charge >= 0.3 is 12.1 Å². The van der Waals surface area contributed by atoms with E-state index >= 15 is 0 Å². The number of carbonyl (C=O) groups excluding carboxylic acids is 3. The van der Waals surface area contributed by atoms with Crippen molar-refractivity contribution in [3.05, 3.63) is 60.4 Å². The summed E-state index contributed by atoms with van der Waals surface area (Å²) in [7, 11) is 1.45. The Bertz CT molecular complexity index is 1480. The van der Waals surface area contributed by atoms with Gasteiger partial charge in [-0.3, -0.25) is 19.8 Å². The molecule has 4 rings (SSSR count). The maximum atomic E-state index is 12.9. The van der Waals surface area contributed by atoms with Crippen molar-refractivity contribution < 1.29 is 23.9 Å².